The van der Waals surface area contributed by atoms with E-state index in [9.17, 15) is 13.2 Å². The summed E-state index contributed by atoms with van der Waals surface area (Å²) >= 11 is 2.94. The van der Waals surface area contributed by atoms with Crippen LogP contribution in [0.15, 0.2) is 93.5 Å². The monoisotopic (exact) mass is 621 g/mol. The summed E-state index contributed by atoms with van der Waals surface area (Å²) in [5.74, 6) is 0.284. The van der Waals surface area contributed by atoms with Gasteiger partial charge in [0.1, 0.15) is 5.03 Å². The van der Waals surface area contributed by atoms with Crippen LogP contribution in [0, 0.1) is 20.8 Å². The van der Waals surface area contributed by atoms with E-state index in [2.05, 4.69) is 51.2 Å². The van der Waals surface area contributed by atoms with Gasteiger partial charge in [-0.3, -0.25) is 19.6 Å². The Morgan fingerprint density at radius 2 is 1.64 bits per heavy atom. The number of carbonyl (C=O) groups is 1. The zero-order valence-electron chi connectivity index (χ0n) is 23.1. The smallest absolute Gasteiger partial charge is 0.294 e. The molecule has 1 amide bonds. The van der Waals surface area contributed by atoms with E-state index in [1.54, 1.807) is 67.9 Å². The minimum atomic E-state index is -4.02. The fourth-order valence-corrected chi connectivity index (χ4v) is 5.90. The number of amides is 1. The lowest BCUT2D eigenvalue weighted by Crippen LogP contribution is -2.11. The Kier molecular flexibility index (Phi) is 10.0. The number of carbonyl (C=O) groups excluding carboxylic acids is 1. The first-order valence-corrected chi connectivity index (χ1v) is 15.5. The van der Waals surface area contributed by atoms with Gasteiger partial charge in [0.2, 0.25) is 5.88 Å². The Balaban J connectivity index is 0.000000310. The number of nitrogens with zero attached hydrogens (tertiary/aromatic N) is 4. The lowest BCUT2D eigenvalue weighted by Gasteiger charge is -2.11. The number of benzene rings is 2. The third-order valence-electron chi connectivity index (χ3n) is 5.78. The van der Waals surface area contributed by atoms with Crippen LogP contribution in [0.3, 0.4) is 0 Å². The summed E-state index contributed by atoms with van der Waals surface area (Å²) in [6.07, 6.45) is 6.48. The zero-order valence-corrected chi connectivity index (χ0v) is 25.5. The Labute approximate surface area is 252 Å². The van der Waals surface area contributed by atoms with Crippen LogP contribution >= 0.6 is 23.1 Å². The van der Waals surface area contributed by atoms with Gasteiger partial charge < -0.3 is 4.74 Å². The predicted octanol–water partition coefficient (Wildman–Crippen LogP) is 6.27. The molecule has 5 rings (SSSR count). The molecule has 0 atom stereocenters. The lowest BCUT2D eigenvalue weighted by molar-refractivity contribution is 0.102. The molecule has 0 aliphatic heterocycles. The van der Waals surface area contributed by atoms with E-state index in [1.165, 1.54) is 23.5 Å². The SMILES string of the molecule is COc1cnc(Sc2cc(C)c(-c3csc(NC(=O)c4ccncc4)n3)c(C)c2)cn1.Cc1ccc(S(=O)(=O)O)cc1. The molecule has 0 unspecified atom stereocenters. The second kappa shape index (κ2) is 13.7. The van der Waals surface area contributed by atoms with E-state index >= 15 is 0 Å². The van der Waals surface area contributed by atoms with Crippen molar-refractivity contribution in [1.82, 2.24) is 19.9 Å². The van der Waals surface area contributed by atoms with E-state index in [0.29, 0.717) is 16.6 Å². The molecule has 0 spiro atoms. The van der Waals surface area contributed by atoms with Crippen LogP contribution in [0.5, 0.6) is 5.88 Å². The zero-order chi connectivity index (χ0) is 30.3. The van der Waals surface area contributed by atoms with Crippen molar-refractivity contribution in [1.29, 1.82) is 0 Å². The third-order valence-corrected chi connectivity index (χ3v) is 8.30. The van der Waals surface area contributed by atoms with Crippen LogP contribution in [0.1, 0.15) is 27.0 Å². The van der Waals surface area contributed by atoms with Crippen molar-refractivity contribution in [2.75, 3.05) is 12.4 Å². The van der Waals surface area contributed by atoms with E-state index in [-0.39, 0.29) is 10.8 Å². The highest BCUT2D eigenvalue weighted by Gasteiger charge is 2.14. The van der Waals surface area contributed by atoms with Gasteiger partial charge in [-0.1, -0.05) is 29.5 Å². The third kappa shape index (κ3) is 8.19. The van der Waals surface area contributed by atoms with Gasteiger partial charge in [-0.05, 0) is 68.3 Å². The highest BCUT2D eigenvalue weighted by atomic mass is 32.2. The molecule has 2 aromatic carbocycles. The quantitative estimate of drug-likeness (QED) is 0.200. The molecule has 5 aromatic rings. The van der Waals surface area contributed by atoms with Crippen LogP contribution in [0.2, 0.25) is 0 Å². The van der Waals surface area contributed by atoms with E-state index in [4.69, 9.17) is 9.29 Å². The Hall–Kier alpha value is -4.17. The summed E-state index contributed by atoms with van der Waals surface area (Å²) < 4.78 is 34.6. The molecular formula is C29H27N5O5S3. The molecule has 3 aromatic heterocycles. The average molecular weight is 622 g/mol. The first kappa shape index (κ1) is 30.8. The number of methoxy groups -OCH3 is 1. The Morgan fingerprint density at radius 1 is 0.976 bits per heavy atom. The molecule has 3 heterocycles. The van der Waals surface area contributed by atoms with E-state index in [0.717, 1.165) is 37.9 Å². The number of pyridine rings is 1. The predicted molar refractivity (Wildman–Crippen MR) is 163 cm³/mol. The van der Waals surface area contributed by atoms with E-state index in [1.807, 2.05) is 12.3 Å². The number of thiazole rings is 1. The summed E-state index contributed by atoms with van der Waals surface area (Å²) in [4.78, 5) is 30.5. The van der Waals surface area contributed by atoms with Crippen molar-refractivity contribution < 1.29 is 22.5 Å². The molecule has 13 heteroatoms. The van der Waals surface area contributed by atoms with Crippen LogP contribution in [0.4, 0.5) is 5.13 Å². The molecule has 0 fully saturated rings. The number of hydrogen-bond acceptors (Lipinski definition) is 10. The number of rotatable bonds is 7. The maximum Gasteiger partial charge on any atom is 0.294 e. The highest BCUT2D eigenvalue weighted by molar-refractivity contribution is 7.99. The Bertz CT molecular complexity index is 1750. The molecule has 10 nitrogen and oxygen atoms in total. The molecule has 0 aliphatic carbocycles. The number of nitrogens with one attached hydrogen (secondary N) is 1. The highest BCUT2D eigenvalue weighted by Crippen LogP contribution is 2.35. The number of hydrogen-bond donors (Lipinski definition) is 2. The lowest BCUT2D eigenvalue weighted by atomic mass is 10.0. The molecule has 0 radical (unpaired) electrons. The molecule has 216 valence electrons. The molecule has 42 heavy (non-hydrogen) atoms. The van der Waals surface area contributed by atoms with Gasteiger partial charge in [0, 0.05) is 33.8 Å². The van der Waals surface area contributed by atoms with Gasteiger partial charge >= 0.3 is 0 Å². The van der Waals surface area contributed by atoms with Gasteiger partial charge in [0.05, 0.1) is 30.1 Å². The van der Waals surface area contributed by atoms with Crippen molar-refractivity contribution in [3.63, 3.8) is 0 Å². The molecule has 0 saturated carbocycles. The van der Waals surface area contributed by atoms with Crippen LogP contribution in [0.25, 0.3) is 11.3 Å². The molecule has 0 saturated heterocycles. The average Bonchev–Trinajstić information content (AvgIpc) is 3.41. The van der Waals surface area contributed by atoms with Crippen molar-refractivity contribution in [2.45, 2.75) is 35.6 Å². The van der Waals surface area contributed by atoms with Crippen molar-refractivity contribution in [3.05, 3.63) is 101 Å². The molecule has 0 aliphatic rings. The topological polar surface area (TPSA) is 144 Å². The fourth-order valence-electron chi connectivity index (χ4n) is 3.80. The summed E-state index contributed by atoms with van der Waals surface area (Å²) in [5, 5.41) is 6.16. The number of aryl methyl sites for hydroxylation is 3. The normalized spacial score (nSPS) is 10.9. The Morgan fingerprint density at radius 3 is 2.21 bits per heavy atom. The summed E-state index contributed by atoms with van der Waals surface area (Å²) in [6, 6.07) is 13.5. The number of ether oxygens (including phenoxy) is 1. The van der Waals surface area contributed by atoms with Crippen LogP contribution < -0.4 is 10.1 Å². The minimum absolute atomic E-state index is 0.0666. The second-order valence-corrected chi connectivity index (χ2v) is 12.3. The number of anilines is 1. The standard InChI is InChI=1S/C22H19N5O2S2.C7H8O3S/c1-13-8-16(31-19-11-24-18(29-3)10-25-19)9-14(2)20(13)17-12-30-22(26-17)27-21(28)15-4-6-23-7-5-15;1-6-2-4-7(5-3-6)11(8,9)10/h4-12H,1-3H3,(H,26,27,28);2-5H,1H3,(H,8,9,10). The van der Waals surface area contributed by atoms with Crippen molar-refractivity contribution in [2.24, 2.45) is 0 Å². The van der Waals surface area contributed by atoms with Gasteiger partial charge in [-0.25, -0.2) is 15.0 Å². The maximum atomic E-state index is 12.4. The van der Waals surface area contributed by atoms with Crippen molar-refractivity contribution >= 4 is 44.3 Å². The largest absolute Gasteiger partial charge is 0.480 e. The van der Waals surface area contributed by atoms with Crippen LogP contribution in [-0.2, 0) is 10.1 Å². The fraction of sp³-hybridized carbons (Fsp3) is 0.138. The summed E-state index contributed by atoms with van der Waals surface area (Å²) in [7, 11) is -2.45. The summed E-state index contributed by atoms with van der Waals surface area (Å²) in [6.45, 7) is 5.95. The first-order chi connectivity index (χ1) is 20.0. The van der Waals surface area contributed by atoms with Gasteiger partial charge in [-0.2, -0.15) is 8.42 Å². The summed E-state index contributed by atoms with van der Waals surface area (Å²) in [5.41, 5.74) is 5.60. The van der Waals surface area contributed by atoms with E-state index < -0.39 is 10.1 Å². The van der Waals surface area contributed by atoms with Crippen LogP contribution in [-0.4, -0.2) is 45.9 Å². The molecule has 0 bridgehead atoms. The van der Waals surface area contributed by atoms with Gasteiger partial charge in [0.15, 0.2) is 5.13 Å². The van der Waals surface area contributed by atoms with Gasteiger partial charge in [-0.15, -0.1) is 11.3 Å². The number of aromatic nitrogens is 4. The molecule has 2 N–H and O–H groups in total. The minimum Gasteiger partial charge on any atom is -0.480 e. The van der Waals surface area contributed by atoms with Crippen molar-refractivity contribution in [3.8, 4) is 17.1 Å². The maximum absolute atomic E-state index is 12.4. The second-order valence-electron chi connectivity index (χ2n) is 8.95. The first-order valence-electron chi connectivity index (χ1n) is 12.4. The van der Waals surface area contributed by atoms with Gasteiger partial charge in [0.25, 0.3) is 16.0 Å². The molecular weight excluding hydrogens is 595 g/mol.